The number of urea groups is 2. The molecule has 20 nitrogen and oxygen atoms in total. The summed E-state index contributed by atoms with van der Waals surface area (Å²) in [6.45, 7) is 13.1. The molecule has 3 fully saturated rings. The normalized spacial score (nSPS) is 22.7. The Morgan fingerprint density at radius 3 is 1.77 bits per heavy atom. The highest BCUT2D eigenvalue weighted by molar-refractivity contribution is 7.89. The van der Waals surface area contributed by atoms with Crippen LogP contribution in [0, 0.1) is 11.3 Å². The van der Waals surface area contributed by atoms with E-state index >= 15 is 0 Å². The first-order chi connectivity index (χ1) is 35.2. The van der Waals surface area contributed by atoms with Gasteiger partial charge in [0.05, 0.1) is 53.9 Å². The third-order valence-electron chi connectivity index (χ3n) is 13.5. The molecule has 3 aromatic carbocycles. The van der Waals surface area contributed by atoms with Crippen molar-refractivity contribution < 1.29 is 40.6 Å². The molecule has 7 rings (SSSR count). The summed E-state index contributed by atoms with van der Waals surface area (Å²) in [5.74, 6) is 0.529. The molecule has 0 spiro atoms. The van der Waals surface area contributed by atoms with Crippen LogP contribution in [0.5, 0.6) is 5.75 Å². The molecule has 0 saturated carbocycles. The van der Waals surface area contributed by atoms with Gasteiger partial charge >= 0.3 is 12.1 Å². The summed E-state index contributed by atoms with van der Waals surface area (Å²) >= 11 is 6.48. The molecule has 7 N–H and O–H groups in total. The van der Waals surface area contributed by atoms with Crippen LogP contribution in [-0.4, -0.2) is 179 Å². The van der Waals surface area contributed by atoms with Gasteiger partial charge in [0, 0.05) is 94.6 Å². The number of halogens is 1. The highest BCUT2D eigenvalue weighted by Gasteiger charge is 2.42. The molecule has 3 saturated heterocycles. The van der Waals surface area contributed by atoms with E-state index in [-0.39, 0.29) is 46.1 Å². The smallest absolute Gasteiger partial charge is 0.314 e. The van der Waals surface area contributed by atoms with Crippen LogP contribution in [0.25, 0.3) is 0 Å². The number of nitrogens with one attached hydrogen (secondary N) is 7. The van der Waals surface area contributed by atoms with E-state index in [4.69, 9.17) is 25.8 Å². The molecule has 1 aliphatic carbocycles. The molecule has 3 aromatic rings. The summed E-state index contributed by atoms with van der Waals surface area (Å²) in [4.78, 5) is 31.5. The summed E-state index contributed by atoms with van der Waals surface area (Å²) in [5.41, 5.74) is 2.38. The van der Waals surface area contributed by atoms with Crippen molar-refractivity contribution in [2.24, 2.45) is 0 Å². The molecule has 400 valence electrons. The molecule has 73 heavy (non-hydrogen) atoms. The zero-order valence-electron chi connectivity index (χ0n) is 41.8. The minimum atomic E-state index is -3.80. The number of carbonyl (C=O) groups is 2. The fourth-order valence-electron chi connectivity index (χ4n) is 9.99. The fourth-order valence-corrected chi connectivity index (χ4v) is 12.8. The fraction of sp³-hybridized carbons (Fsp3) is 0.580. The largest absolute Gasteiger partial charge is 0.484 e. The highest BCUT2D eigenvalue weighted by atomic mass is 35.5. The minimum Gasteiger partial charge on any atom is -0.484 e. The molecular formula is C50H72ClN11O9S2. The molecular weight excluding hydrogens is 998 g/mol. The number of nitrogens with zero attached hydrogens (tertiary/aromatic N) is 4. The molecule has 0 bridgehead atoms. The first-order valence-electron chi connectivity index (χ1n) is 25.4. The van der Waals surface area contributed by atoms with Gasteiger partial charge in [-0.15, -0.1) is 0 Å². The molecule has 3 aliphatic heterocycles. The summed E-state index contributed by atoms with van der Waals surface area (Å²) in [7, 11) is -7.35. The van der Waals surface area contributed by atoms with Crippen LogP contribution in [0.4, 0.5) is 9.59 Å². The summed E-state index contributed by atoms with van der Waals surface area (Å²) in [6.07, 6.45) is 3.03. The van der Waals surface area contributed by atoms with Crippen LogP contribution in [0.3, 0.4) is 0 Å². The van der Waals surface area contributed by atoms with Gasteiger partial charge in [-0.2, -0.15) is 5.26 Å². The second kappa shape index (κ2) is 27.2. The zero-order chi connectivity index (χ0) is 51.8. The zero-order valence-corrected chi connectivity index (χ0v) is 44.2. The van der Waals surface area contributed by atoms with Gasteiger partial charge in [-0.05, 0) is 119 Å². The van der Waals surface area contributed by atoms with Gasteiger partial charge in [-0.1, -0.05) is 29.8 Å². The van der Waals surface area contributed by atoms with Crippen molar-refractivity contribution in [1.29, 1.82) is 5.26 Å². The van der Waals surface area contributed by atoms with E-state index < -0.39 is 20.0 Å². The molecule has 23 heteroatoms. The number of likely N-dealkylation sites (tertiary alicyclic amines) is 2. The van der Waals surface area contributed by atoms with E-state index in [2.05, 4.69) is 70.6 Å². The number of unbranched alkanes of at least 4 members (excludes halogenated alkanes) is 1. The lowest BCUT2D eigenvalue weighted by molar-refractivity contribution is 0.0480. The number of hydrogen-bond donors (Lipinski definition) is 7. The van der Waals surface area contributed by atoms with Gasteiger partial charge in [-0.3, -0.25) is 14.7 Å². The number of benzene rings is 3. The number of piperazine rings is 1. The number of fused-ring (bicyclic) bond motifs is 1. The van der Waals surface area contributed by atoms with Crippen LogP contribution < -0.4 is 40.8 Å². The van der Waals surface area contributed by atoms with Crippen LogP contribution >= 0.6 is 11.6 Å². The van der Waals surface area contributed by atoms with E-state index in [1.807, 2.05) is 6.07 Å². The van der Waals surface area contributed by atoms with Crippen molar-refractivity contribution in [1.82, 2.24) is 50.7 Å². The number of ether oxygens (including phenoxy) is 3. The Bertz CT molecular complexity index is 2530. The van der Waals surface area contributed by atoms with Crippen molar-refractivity contribution in [3.05, 3.63) is 88.4 Å². The van der Waals surface area contributed by atoms with Crippen LogP contribution in [0.15, 0.2) is 76.5 Å². The van der Waals surface area contributed by atoms with Crippen molar-refractivity contribution in [2.75, 3.05) is 105 Å². The number of carbonyl (C=O) groups excluding carboxylic acids is 2. The molecule has 6 atom stereocenters. The standard InChI is InChI=1S/C50H72ClN11O9S2/c1-36-32-62(33-37(2)57-36)47-30-45-38(31-52)28-39(51)29-46(45)48(47)71-42-10-12-44(13-11-42)73(67,68)59-41-15-21-61(35-41)23-27-70-25-19-56-50(64)54-17-7-6-16-53-49(63)55-18-24-69-26-22-60-20-14-40(34-60)58-72(65,66)43-8-4-3-5-9-43/h3-5,8-13,28-29,36-37,40-41,47-48,57-59H,6-7,14-27,30,32-35H2,1-2H3,(H2,53,55,63)(H2,54,56,64)/t36-,37+,40-,41-,47-,48-/m0/s1. The Labute approximate surface area is 435 Å². The van der Waals surface area contributed by atoms with E-state index in [1.165, 1.54) is 0 Å². The van der Waals surface area contributed by atoms with Crippen molar-refractivity contribution in [3.8, 4) is 11.8 Å². The van der Waals surface area contributed by atoms with Gasteiger partial charge in [-0.25, -0.2) is 35.9 Å². The van der Waals surface area contributed by atoms with Crippen molar-refractivity contribution >= 4 is 43.7 Å². The van der Waals surface area contributed by atoms with Gasteiger partial charge in [0.2, 0.25) is 20.0 Å². The summed E-state index contributed by atoms with van der Waals surface area (Å²) in [5, 5.41) is 25.1. The molecule has 0 aromatic heterocycles. The second-order valence-electron chi connectivity index (χ2n) is 19.3. The molecule has 4 amide bonds. The first-order valence-corrected chi connectivity index (χ1v) is 28.7. The van der Waals surface area contributed by atoms with E-state index in [0.29, 0.717) is 133 Å². The lowest BCUT2D eigenvalue weighted by atomic mass is 10.0. The van der Waals surface area contributed by atoms with E-state index in [0.717, 1.165) is 43.7 Å². The maximum atomic E-state index is 13.5. The number of hydrogen-bond acceptors (Lipinski definition) is 14. The Balaban J connectivity index is 0.685. The highest BCUT2D eigenvalue weighted by Crippen LogP contribution is 2.41. The molecule has 4 aliphatic rings. The third kappa shape index (κ3) is 16.9. The number of sulfonamides is 2. The maximum absolute atomic E-state index is 13.5. The van der Waals surface area contributed by atoms with Gasteiger partial charge in [0.25, 0.3) is 0 Å². The first kappa shape index (κ1) is 56.1. The molecule has 0 unspecified atom stereocenters. The van der Waals surface area contributed by atoms with Crippen LogP contribution in [-0.2, 0) is 35.9 Å². The van der Waals surface area contributed by atoms with E-state index in [1.54, 1.807) is 60.7 Å². The topological polar surface area (TPSA) is 248 Å². The lowest BCUT2D eigenvalue weighted by Gasteiger charge is -2.41. The van der Waals surface area contributed by atoms with Gasteiger partial charge < -0.3 is 40.8 Å². The van der Waals surface area contributed by atoms with Crippen LogP contribution in [0.2, 0.25) is 5.02 Å². The monoisotopic (exact) mass is 1070 g/mol. The number of amides is 4. The van der Waals surface area contributed by atoms with Gasteiger partial charge in [0.1, 0.15) is 11.9 Å². The average molecular weight is 1070 g/mol. The number of nitriles is 1. The Kier molecular flexibility index (Phi) is 20.9. The average Bonchev–Trinajstić information content (AvgIpc) is 4.10. The Morgan fingerprint density at radius 2 is 1.23 bits per heavy atom. The quantitative estimate of drug-likeness (QED) is 0.0572. The third-order valence-corrected chi connectivity index (χ3v) is 16.8. The Morgan fingerprint density at radius 1 is 0.712 bits per heavy atom. The predicted octanol–water partition coefficient (Wildman–Crippen LogP) is 2.76. The second-order valence-corrected chi connectivity index (χ2v) is 23.1. The molecule has 3 heterocycles. The maximum Gasteiger partial charge on any atom is 0.314 e. The Hall–Kier alpha value is -4.64. The van der Waals surface area contributed by atoms with Crippen molar-refractivity contribution in [3.63, 3.8) is 0 Å². The number of rotatable bonds is 26. The van der Waals surface area contributed by atoms with Crippen molar-refractivity contribution in [2.45, 2.75) is 92.1 Å². The van der Waals surface area contributed by atoms with Gasteiger partial charge in [0.15, 0.2) is 0 Å². The van der Waals surface area contributed by atoms with E-state index in [9.17, 15) is 31.7 Å². The van der Waals surface area contributed by atoms with Crippen LogP contribution in [0.1, 0.15) is 62.3 Å². The SMILES string of the molecule is C[C@@H]1CN([C@H]2Cc3c(C#N)cc(Cl)cc3[C@@H]2Oc2ccc(S(=O)(=O)N[C@H]3CCN(CCOCCNC(=O)NCCCCNC(=O)NCCOCCN4CC[C@H](NS(=O)(=O)c5ccccc5)C4)C3)cc2)C[C@H](C)N1. The summed E-state index contributed by atoms with van der Waals surface area (Å²) < 4.78 is 75.8. The predicted molar refractivity (Wildman–Crippen MR) is 278 cm³/mol. The molecule has 0 radical (unpaired) electrons. The lowest BCUT2D eigenvalue weighted by Crippen LogP contribution is -2.58. The minimum absolute atomic E-state index is 0.0195. The summed E-state index contributed by atoms with van der Waals surface area (Å²) in [6, 6.07) is 20.3.